The molecule has 2 aromatic heterocycles. The molecule has 1 aliphatic rings. The number of aliphatic hydroxyl groups is 1. The third-order valence-corrected chi connectivity index (χ3v) is 5.76. The van der Waals surface area contributed by atoms with Crippen LogP contribution >= 0.6 is 11.3 Å². The number of fused-ring (bicyclic) bond motifs is 1. The van der Waals surface area contributed by atoms with Crippen molar-refractivity contribution in [2.75, 3.05) is 26.9 Å². The summed E-state index contributed by atoms with van der Waals surface area (Å²) in [5.74, 6) is 0.626. The number of aliphatic hydroxyl groups excluding tert-OH is 1. The van der Waals surface area contributed by atoms with E-state index in [0.717, 1.165) is 21.7 Å². The van der Waals surface area contributed by atoms with Crippen LogP contribution in [0.4, 0.5) is 0 Å². The molecule has 0 aromatic carbocycles. The molecular formula is C15H21N3O3S. The molecule has 3 rings (SSSR count). The molecule has 3 heterocycles. The number of aryl methyl sites for hydroxylation is 2. The topological polar surface area (TPSA) is 78.5 Å². The fraction of sp³-hybridized carbons (Fsp3) is 0.600. The molecule has 1 saturated heterocycles. The standard InChI is InChI=1S/C15H21N3O3S/c1-9-10(2)22-14-12(9)13(20)16-11(17-14)6-18(3)15(7-19)4-5-21-8-15/h19H,4-8H2,1-3H3,(H,16,17,20). The first-order valence-corrected chi connectivity index (χ1v) is 8.17. The summed E-state index contributed by atoms with van der Waals surface area (Å²) in [6.45, 7) is 5.62. The van der Waals surface area contributed by atoms with E-state index in [-0.39, 0.29) is 17.7 Å². The minimum atomic E-state index is -0.380. The Morgan fingerprint density at radius 2 is 2.27 bits per heavy atom. The van der Waals surface area contributed by atoms with Gasteiger partial charge >= 0.3 is 0 Å². The van der Waals surface area contributed by atoms with E-state index >= 15 is 0 Å². The first-order chi connectivity index (χ1) is 10.5. The van der Waals surface area contributed by atoms with Crippen LogP contribution in [-0.2, 0) is 11.3 Å². The number of rotatable bonds is 4. The van der Waals surface area contributed by atoms with Gasteiger partial charge in [0.15, 0.2) is 0 Å². The first-order valence-electron chi connectivity index (χ1n) is 7.35. The van der Waals surface area contributed by atoms with Gasteiger partial charge in [-0.15, -0.1) is 11.3 Å². The first kappa shape index (κ1) is 15.6. The van der Waals surface area contributed by atoms with Gasteiger partial charge in [-0.3, -0.25) is 9.69 Å². The number of nitrogens with zero attached hydrogens (tertiary/aromatic N) is 2. The molecule has 2 N–H and O–H groups in total. The molecule has 0 aliphatic carbocycles. The van der Waals surface area contributed by atoms with Crippen LogP contribution in [0.5, 0.6) is 0 Å². The molecule has 2 aromatic rings. The minimum Gasteiger partial charge on any atom is -0.394 e. The Kier molecular flexibility index (Phi) is 4.07. The van der Waals surface area contributed by atoms with Crippen molar-refractivity contribution in [3.8, 4) is 0 Å². The van der Waals surface area contributed by atoms with Crippen molar-refractivity contribution in [1.82, 2.24) is 14.9 Å². The normalized spacial score (nSPS) is 22.0. The highest BCUT2D eigenvalue weighted by molar-refractivity contribution is 7.18. The number of likely N-dealkylation sites (N-methyl/N-ethyl adjacent to an activating group) is 1. The van der Waals surface area contributed by atoms with E-state index in [9.17, 15) is 9.90 Å². The summed E-state index contributed by atoms with van der Waals surface area (Å²) in [6.07, 6.45) is 0.781. The van der Waals surface area contributed by atoms with Gasteiger partial charge in [-0.2, -0.15) is 0 Å². The maximum Gasteiger partial charge on any atom is 0.259 e. The Labute approximate surface area is 132 Å². The van der Waals surface area contributed by atoms with Gasteiger partial charge < -0.3 is 14.8 Å². The molecule has 0 radical (unpaired) electrons. The van der Waals surface area contributed by atoms with Gasteiger partial charge in [-0.1, -0.05) is 0 Å². The van der Waals surface area contributed by atoms with E-state index in [1.807, 2.05) is 25.8 Å². The molecule has 7 heteroatoms. The second-order valence-corrected chi connectivity index (χ2v) is 7.22. The summed E-state index contributed by atoms with van der Waals surface area (Å²) in [4.78, 5) is 23.7. The number of H-pyrrole nitrogens is 1. The molecular weight excluding hydrogens is 302 g/mol. The van der Waals surface area contributed by atoms with E-state index in [4.69, 9.17) is 4.74 Å². The monoisotopic (exact) mass is 323 g/mol. The van der Waals surface area contributed by atoms with E-state index in [1.54, 1.807) is 11.3 Å². The molecule has 1 unspecified atom stereocenters. The molecule has 0 amide bonds. The SMILES string of the molecule is Cc1sc2nc(CN(C)C3(CO)CCOC3)[nH]c(=O)c2c1C. The molecule has 0 bridgehead atoms. The van der Waals surface area contributed by atoms with Gasteiger partial charge in [0.2, 0.25) is 0 Å². The average molecular weight is 323 g/mol. The van der Waals surface area contributed by atoms with Crippen molar-refractivity contribution >= 4 is 21.6 Å². The van der Waals surface area contributed by atoms with Crippen molar-refractivity contribution < 1.29 is 9.84 Å². The maximum atomic E-state index is 12.3. The molecule has 0 saturated carbocycles. The lowest BCUT2D eigenvalue weighted by Gasteiger charge is -2.35. The van der Waals surface area contributed by atoms with E-state index in [0.29, 0.717) is 31.0 Å². The second-order valence-electron chi connectivity index (χ2n) is 6.02. The van der Waals surface area contributed by atoms with Crippen LogP contribution in [0, 0.1) is 13.8 Å². The van der Waals surface area contributed by atoms with Gasteiger partial charge in [-0.05, 0) is 32.9 Å². The number of ether oxygens (including phenoxy) is 1. The second kappa shape index (κ2) is 5.73. The summed E-state index contributed by atoms with van der Waals surface area (Å²) in [7, 11) is 1.93. The number of thiophene rings is 1. The Morgan fingerprint density at radius 1 is 1.50 bits per heavy atom. The zero-order valence-corrected chi connectivity index (χ0v) is 13.9. The highest BCUT2D eigenvalue weighted by Gasteiger charge is 2.38. The fourth-order valence-electron chi connectivity index (χ4n) is 2.91. The van der Waals surface area contributed by atoms with E-state index in [1.165, 1.54) is 0 Å². The van der Waals surface area contributed by atoms with Crippen LogP contribution in [-0.4, -0.2) is 52.4 Å². The summed E-state index contributed by atoms with van der Waals surface area (Å²) >= 11 is 1.55. The van der Waals surface area contributed by atoms with Crippen LogP contribution in [0.3, 0.4) is 0 Å². The number of hydrogen-bond donors (Lipinski definition) is 2. The maximum absolute atomic E-state index is 12.3. The van der Waals surface area contributed by atoms with Gasteiger partial charge in [0.1, 0.15) is 10.7 Å². The van der Waals surface area contributed by atoms with E-state index in [2.05, 4.69) is 9.97 Å². The molecule has 1 aliphatic heterocycles. The highest BCUT2D eigenvalue weighted by atomic mass is 32.1. The lowest BCUT2D eigenvalue weighted by Crippen LogP contribution is -2.50. The third-order valence-electron chi connectivity index (χ3n) is 4.66. The van der Waals surface area contributed by atoms with Gasteiger partial charge in [0.05, 0.1) is 30.7 Å². The Morgan fingerprint density at radius 3 is 2.91 bits per heavy atom. The van der Waals surface area contributed by atoms with Crippen molar-refractivity contribution in [3.05, 3.63) is 26.6 Å². The molecule has 0 spiro atoms. The highest BCUT2D eigenvalue weighted by Crippen LogP contribution is 2.28. The molecule has 6 nitrogen and oxygen atoms in total. The lowest BCUT2D eigenvalue weighted by atomic mass is 9.98. The Balaban J connectivity index is 1.92. The smallest absolute Gasteiger partial charge is 0.259 e. The molecule has 1 atom stereocenters. The zero-order chi connectivity index (χ0) is 15.9. The van der Waals surface area contributed by atoms with Crippen LogP contribution in [0.2, 0.25) is 0 Å². The molecule has 120 valence electrons. The fourth-order valence-corrected chi connectivity index (χ4v) is 3.96. The van der Waals surface area contributed by atoms with Gasteiger partial charge in [0, 0.05) is 11.5 Å². The predicted octanol–water partition coefficient (Wildman–Crippen LogP) is 1.18. The van der Waals surface area contributed by atoms with Crippen molar-refractivity contribution in [2.45, 2.75) is 32.4 Å². The molecule has 1 fully saturated rings. The van der Waals surface area contributed by atoms with E-state index < -0.39 is 0 Å². The third kappa shape index (κ3) is 2.48. The Bertz CT molecular complexity index is 746. The Hall–Kier alpha value is -1.28. The van der Waals surface area contributed by atoms with Crippen molar-refractivity contribution in [3.63, 3.8) is 0 Å². The summed E-state index contributed by atoms with van der Waals surface area (Å²) in [6, 6.07) is 0. The number of hydrogen-bond acceptors (Lipinski definition) is 6. The van der Waals surface area contributed by atoms with Crippen LogP contribution in [0.1, 0.15) is 22.7 Å². The number of nitrogens with one attached hydrogen (secondary N) is 1. The minimum absolute atomic E-state index is 0.0349. The lowest BCUT2D eigenvalue weighted by molar-refractivity contribution is 0.0300. The average Bonchev–Trinajstić information content (AvgIpc) is 3.06. The summed E-state index contributed by atoms with van der Waals surface area (Å²) in [5.41, 5.74) is 0.537. The van der Waals surface area contributed by atoms with Gasteiger partial charge in [0.25, 0.3) is 5.56 Å². The summed E-state index contributed by atoms with van der Waals surface area (Å²) < 4.78 is 5.43. The van der Waals surface area contributed by atoms with Crippen LogP contribution < -0.4 is 5.56 Å². The number of aromatic nitrogens is 2. The number of aromatic amines is 1. The van der Waals surface area contributed by atoms with Crippen molar-refractivity contribution in [2.24, 2.45) is 0 Å². The van der Waals surface area contributed by atoms with Crippen molar-refractivity contribution in [1.29, 1.82) is 0 Å². The zero-order valence-electron chi connectivity index (χ0n) is 13.1. The van der Waals surface area contributed by atoms with Crippen LogP contribution in [0.25, 0.3) is 10.2 Å². The van der Waals surface area contributed by atoms with Crippen LogP contribution in [0.15, 0.2) is 4.79 Å². The van der Waals surface area contributed by atoms with Gasteiger partial charge in [-0.25, -0.2) is 4.98 Å². The molecule has 22 heavy (non-hydrogen) atoms. The predicted molar refractivity (Wildman–Crippen MR) is 86.4 cm³/mol. The largest absolute Gasteiger partial charge is 0.394 e. The quantitative estimate of drug-likeness (QED) is 0.883. The summed E-state index contributed by atoms with van der Waals surface area (Å²) in [5, 5.41) is 10.4.